The van der Waals surface area contributed by atoms with Gasteiger partial charge in [0.2, 0.25) is 0 Å². The van der Waals surface area contributed by atoms with E-state index in [0.29, 0.717) is 11.3 Å². The molecular formula is C18H22ClN. The third-order valence-corrected chi connectivity index (χ3v) is 5.37. The fourth-order valence-electron chi connectivity index (χ4n) is 3.81. The Kier molecular flexibility index (Phi) is 3.51. The summed E-state index contributed by atoms with van der Waals surface area (Å²) in [5.74, 6) is 0.548. The van der Waals surface area contributed by atoms with Gasteiger partial charge < -0.3 is 5.73 Å². The summed E-state index contributed by atoms with van der Waals surface area (Å²) in [5.41, 5.74) is 8.22. The number of hydrogen-bond donors (Lipinski definition) is 1. The Balaban J connectivity index is 2.08. The molecule has 0 heterocycles. The minimum atomic E-state index is 0.0923. The van der Waals surface area contributed by atoms with Crippen LogP contribution in [0.1, 0.15) is 44.7 Å². The summed E-state index contributed by atoms with van der Waals surface area (Å²) >= 11 is 6.31. The van der Waals surface area contributed by atoms with Crippen molar-refractivity contribution in [2.75, 3.05) is 0 Å². The summed E-state index contributed by atoms with van der Waals surface area (Å²) in [6.45, 7) is 4.70. The molecular weight excluding hydrogens is 266 g/mol. The van der Waals surface area contributed by atoms with Crippen LogP contribution in [0.2, 0.25) is 5.02 Å². The minimum Gasteiger partial charge on any atom is -0.324 e. The molecule has 0 aliphatic heterocycles. The summed E-state index contributed by atoms with van der Waals surface area (Å²) in [6.07, 6.45) is 3.79. The lowest BCUT2D eigenvalue weighted by molar-refractivity contribution is 0.223. The van der Waals surface area contributed by atoms with E-state index in [-0.39, 0.29) is 6.04 Å². The maximum absolute atomic E-state index is 6.65. The molecule has 0 radical (unpaired) electrons. The monoisotopic (exact) mass is 287 g/mol. The third-order valence-electron chi connectivity index (χ3n) is 5.04. The Morgan fingerprint density at radius 2 is 1.85 bits per heavy atom. The van der Waals surface area contributed by atoms with Crippen LogP contribution in [0.15, 0.2) is 36.4 Å². The second-order valence-electron chi connectivity index (χ2n) is 6.70. The first-order valence-electron chi connectivity index (χ1n) is 7.43. The van der Waals surface area contributed by atoms with Gasteiger partial charge in [-0.15, -0.1) is 0 Å². The summed E-state index contributed by atoms with van der Waals surface area (Å²) in [6, 6.07) is 12.5. The van der Waals surface area contributed by atoms with E-state index in [4.69, 9.17) is 17.3 Å². The molecule has 2 aromatic carbocycles. The van der Waals surface area contributed by atoms with Crippen LogP contribution in [-0.4, -0.2) is 0 Å². The molecule has 2 aromatic rings. The topological polar surface area (TPSA) is 26.0 Å². The predicted molar refractivity (Wildman–Crippen MR) is 87.0 cm³/mol. The van der Waals surface area contributed by atoms with Crippen LogP contribution >= 0.6 is 11.6 Å². The van der Waals surface area contributed by atoms with Crippen molar-refractivity contribution in [3.63, 3.8) is 0 Å². The van der Waals surface area contributed by atoms with Crippen LogP contribution in [0.5, 0.6) is 0 Å². The van der Waals surface area contributed by atoms with Crippen molar-refractivity contribution in [3.05, 3.63) is 47.0 Å². The molecule has 1 aliphatic carbocycles. The molecule has 0 spiro atoms. The molecule has 0 amide bonds. The normalized spacial score (nSPS) is 23.1. The van der Waals surface area contributed by atoms with E-state index in [2.05, 4.69) is 38.1 Å². The molecule has 3 rings (SSSR count). The Bertz CT molecular complexity index is 632. The molecule has 2 heteroatoms. The first kappa shape index (κ1) is 13.9. The van der Waals surface area contributed by atoms with E-state index < -0.39 is 0 Å². The predicted octanol–water partition coefficient (Wildman–Crippen LogP) is 5.32. The van der Waals surface area contributed by atoms with E-state index in [1.54, 1.807) is 0 Å². The number of nitrogens with two attached hydrogens (primary N) is 1. The second kappa shape index (κ2) is 5.05. The van der Waals surface area contributed by atoms with Gasteiger partial charge in [0.1, 0.15) is 0 Å². The van der Waals surface area contributed by atoms with Crippen LogP contribution in [0.25, 0.3) is 10.8 Å². The van der Waals surface area contributed by atoms with Gasteiger partial charge in [0.05, 0.1) is 0 Å². The average molecular weight is 288 g/mol. The van der Waals surface area contributed by atoms with Gasteiger partial charge in [0.25, 0.3) is 0 Å². The van der Waals surface area contributed by atoms with Gasteiger partial charge in [-0.2, -0.15) is 0 Å². The van der Waals surface area contributed by atoms with Gasteiger partial charge in [-0.25, -0.2) is 0 Å². The second-order valence-corrected chi connectivity index (χ2v) is 7.10. The Hall–Kier alpha value is -1.05. The number of rotatable bonds is 2. The third kappa shape index (κ3) is 2.23. The summed E-state index contributed by atoms with van der Waals surface area (Å²) in [7, 11) is 0. The zero-order valence-electron chi connectivity index (χ0n) is 12.2. The van der Waals surface area contributed by atoms with Gasteiger partial charge in [-0.05, 0) is 41.2 Å². The van der Waals surface area contributed by atoms with Crippen LogP contribution in [0.4, 0.5) is 0 Å². The lowest BCUT2D eigenvalue weighted by Gasteiger charge is -2.32. The van der Waals surface area contributed by atoms with Crippen LogP contribution < -0.4 is 5.73 Å². The van der Waals surface area contributed by atoms with Crippen LogP contribution in [-0.2, 0) is 0 Å². The largest absolute Gasteiger partial charge is 0.324 e. The van der Waals surface area contributed by atoms with Crippen molar-refractivity contribution in [3.8, 4) is 0 Å². The highest BCUT2D eigenvalue weighted by molar-refractivity contribution is 6.35. The molecule has 2 atom stereocenters. The van der Waals surface area contributed by atoms with Crippen molar-refractivity contribution < 1.29 is 0 Å². The lowest BCUT2D eigenvalue weighted by atomic mass is 9.75. The molecule has 0 saturated heterocycles. The van der Waals surface area contributed by atoms with Gasteiger partial charge in [-0.1, -0.05) is 62.2 Å². The molecule has 20 heavy (non-hydrogen) atoms. The fourth-order valence-corrected chi connectivity index (χ4v) is 4.04. The maximum Gasteiger partial charge on any atom is 0.0484 e. The molecule has 1 fully saturated rings. The molecule has 2 unspecified atom stereocenters. The van der Waals surface area contributed by atoms with Gasteiger partial charge in [-0.3, -0.25) is 0 Å². The van der Waals surface area contributed by atoms with Crippen molar-refractivity contribution in [1.82, 2.24) is 0 Å². The zero-order valence-corrected chi connectivity index (χ0v) is 13.0. The van der Waals surface area contributed by atoms with E-state index >= 15 is 0 Å². The van der Waals surface area contributed by atoms with E-state index in [0.717, 1.165) is 10.4 Å². The molecule has 106 valence electrons. The Labute approximate surface area is 126 Å². The number of benzene rings is 2. The molecule has 2 N–H and O–H groups in total. The molecule has 0 bridgehead atoms. The van der Waals surface area contributed by atoms with E-state index in [1.165, 1.54) is 30.2 Å². The van der Waals surface area contributed by atoms with Crippen molar-refractivity contribution >= 4 is 22.4 Å². The quantitative estimate of drug-likeness (QED) is 0.795. The summed E-state index contributed by atoms with van der Waals surface area (Å²) in [5, 5.41) is 3.12. The highest BCUT2D eigenvalue weighted by atomic mass is 35.5. The number of hydrogen-bond acceptors (Lipinski definition) is 1. The summed E-state index contributed by atoms with van der Waals surface area (Å²) in [4.78, 5) is 0. The highest BCUT2D eigenvalue weighted by Crippen LogP contribution is 2.48. The zero-order chi connectivity index (χ0) is 14.3. The standard InChI is InChI=1S/C18H22ClN/c1-18(2)11-5-8-15(18)17(20)14-9-10-16(19)13-7-4-3-6-12(13)14/h3-4,6-7,9-10,15,17H,5,8,11,20H2,1-2H3. The van der Waals surface area contributed by atoms with Gasteiger partial charge in [0.15, 0.2) is 0 Å². The van der Waals surface area contributed by atoms with Crippen molar-refractivity contribution in [2.45, 2.75) is 39.2 Å². The average Bonchev–Trinajstić information content (AvgIpc) is 2.78. The van der Waals surface area contributed by atoms with Gasteiger partial charge >= 0.3 is 0 Å². The Morgan fingerprint density at radius 1 is 1.15 bits per heavy atom. The molecule has 1 nitrogen and oxygen atoms in total. The fraction of sp³-hybridized carbons (Fsp3) is 0.444. The number of halogens is 1. The highest BCUT2D eigenvalue weighted by Gasteiger charge is 2.39. The lowest BCUT2D eigenvalue weighted by Crippen LogP contribution is -2.29. The van der Waals surface area contributed by atoms with Crippen molar-refractivity contribution in [2.24, 2.45) is 17.1 Å². The maximum atomic E-state index is 6.65. The van der Waals surface area contributed by atoms with Gasteiger partial charge in [0, 0.05) is 16.5 Å². The number of fused-ring (bicyclic) bond motifs is 1. The molecule has 1 saturated carbocycles. The first-order valence-corrected chi connectivity index (χ1v) is 7.81. The van der Waals surface area contributed by atoms with E-state index in [1.807, 2.05) is 12.1 Å². The van der Waals surface area contributed by atoms with Crippen LogP contribution in [0.3, 0.4) is 0 Å². The van der Waals surface area contributed by atoms with Crippen molar-refractivity contribution in [1.29, 1.82) is 0 Å². The van der Waals surface area contributed by atoms with E-state index in [9.17, 15) is 0 Å². The van der Waals surface area contributed by atoms with Crippen LogP contribution in [0, 0.1) is 11.3 Å². The molecule has 1 aliphatic rings. The summed E-state index contributed by atoms with van der Waals surface area (Å²) < 4.78 is 0. The smallest absolute Gasteiger partial charge is 0.0484 e. The first-order chi connectivity index (χ1) is 9.50. The molecule has 0 aromatic heterocycles. The minimum absolute atomic E-state index is 0.0923. The SMILES string of the molecule is CC1(C)CCCC1C(N)c1ccc(Cl)c2ccccc12. The Morgan fingerprint density at radius 3 is 2.50 bits per heavy atom.